The Morgan fingerprint density at radius 3 is 2.47 bits per heavy atom. The van der Waals surface area contributed by atoms with Crippen LogP contribution in [-0.4, -0.2) is 24.2 Å². The number of aliphatic hydroxyl groups excluding tert-OH is 1. The summed E-state index contributed by atoms with van der Waals surface area (Å²) in [7, 11) is 0. The van der Waals surface area contributed by atoms with E-state index in [1.165, 1.54) is 0 Å². The van der Waals surface area contributed by atoms with Crippen molar-refractivity contribution >= 4 is 5.91 Å². The van der Waals surface area contributed by atoms with E-state index in [4.69, 9.17) is 5.11 Å². The van der Waals surface area contributed by atoms with E-state index in [1.54, 1.807) is 0 Å². The first-order valence-corrected chi connectivity index (χ1v) is 6.95. The van der Waals surface area contributed by atoms with Crippen molar-refractivity contribution in [1.29, 1.82) is 0 Å². The van der Waals surface area contributed by atoms with Crippen molar-refractivity contribution in [3.05, 3.63) is 35.4 Å². The third kappa shape index (κ3) is 5.03. The number of amides is 1. The molecule has 3 heteroatoms. The Bertz CT molecular complexity index is 407. The lowest BCUT2D eigenvalue weighted by Gasteiger charge is -2.22. The van der Waals surface area contributed by atoms with E-state index >= 15 is 0 Å². The fraction of sp³-hybridized carbons (Fsp3) is 0.562. The monoisotopic (exact) mass is 263 g/mol. The van der Waals surface area contributed by atoms with Crippen LogP contribution < -0.4 is 5.32 Å². The zero-order valence-electron chi connectivity index (χ0n) is 12.2. The fourth-order valence-corrected chi connectivity index (χ4v) is 2.05. The Hall–Kier alpha value is -1.35. The Kier molecular flexibility index (Phi) is 6.03. The van der Waals surface area contributed by atoms with Gasteiger partial charge in [-0.15, -0.1) is 0 Å². The lowest BCUT2D eigenvalue weighted by atomic mass is 9.83. The van der Waals surface area contributed by atoms with Crippen molar-refractivity contribution in [3.8, 4) is 0 Å². The molecular formula is C16H25NO2. The van der Waals surface area contributed by atoms with Crippen LogP contribution in [0, 0.1) is 0 Å². The highest BCUT2D eigenvalue weighted by Gasteiger charge is 2.20. The number of carbonyl (C=O) groups excluding carboxylic acids is 1. The van der Waals surface area contributed by atoms with Gasteiger partial charge in [0.15, 0.2) is 0 Å². The number of unbranched alkanes of at least 4 members (excludes halogenated alkanes) is 2. The molecule has 0 aliphatic heterocycles. The molecular weight excluding hydrogens is 238 g/mol. The van der Waals surface area contributed by atoms with E-state index in [0.29, 0.717) is 6.54 Å². The lowest BCUT2D eigenvalue weighted by molar-refractivity contribution is 0.0950. The molecule has 0 bridgehead atoms. The van der Waals surface area contributed by atoms with Crippen molar-refractivity contribution in [3.63, 3.8) is 0 Å². The maximum Gasteiger partial charge on any atom is 0.251 e. The first-order valence-electron chi connectivity index (χ1n) is 6.95. The summed E-state index contributed by atoms with van der Waals surface area (Å²) in [5.41, 5.74) is 1.80. The molecule has 0 saturated carbocycles. The number of rotatable bonds is 6. The van der Waals surface area contributed by atoms with Crippen molar-refractivity contribution in [2.75, 3.05) is 13.2 Å². The van der Waals surface area contributed by atoms with Crippen LogP contribution in [0.4, 0.5) is 0 Å². The predicted octanol–water partition coefficient (Wildman–Crippen LogP) is 2.88. The molecule has 0 aliphatic carbocycles. The molecule has 1 aromatic rings. The molecule has 0 atom stereocenters. The maximum absolute atomic E-state index is 12.2. The van der Waals surface area contributed by atoms with E-state index in [-0.39, 0.29) is 17.9 Å². The van der Waals surface area contributed by atoms with E-state index in [9.17, 15) is 4.79 Å². The average Bonchev–Trinajstić information content (AvgIpc) is 2.37. The van der Waals surface area contributed by atoms with E-state index in [0.717, 1.165) is 30.4 Å². The highest BCUT2D eigenvalue weighted by atomic mass is 16.2. The number of hydrogen-bond donors (Lipinski definition) is 2. The summed E-state index contributed by atoms with van der Waals surface area (Å²) in [6.45, 7) is 7.22. The molecule has 106 valence electrons. The van der Waals surface area contributed by atoms with Crippen molar-refractivity contribution in [1.82, 2.24) is 5.32 Å². The van der Waals surface area contributed by atoms with E-state index in [2.05, 4.69) is 26.1 Å². The van der Waals surface area contributed by atoms with Gasteiger partial charge in [0, 0.05) is 18.7 Å². The van der Waals surface area contributed by atoms with Crippen molar-refractivity contribution in [2.24, 2.45) is 0 Å². The van der Waals surface area contributed by atoms with Gasteiger partial charge in [-0.3, -0.25) is 4.79 Å². The molecule has 0 aromatic heterocycles. The molecule has 2 N–H and O–H groups in total. The summed E-state index contributed by atoms with van der Waals surface area (Å²) in [6.07, 6.45) is 2.65. The van der Waals surface area contributed by atoms with Gasteiger partial charge in [-0.05, 0) is 36.3 Å². The Morgan fingerprint density at radius 2 is 1.84 bits per heavy atom. The number of carbonyl (C=O) groups is 1. The van der Waals surface area contributed by atoms with Gasteiger partial charge in [-0.25, -0.2) is 0 Å². The third-order valence-corrected chi connectivity index (χ3v) is 3.10. The fourth-order valence-electron chi connectivity index (χ4n) is 2.05. The van der Waals surface area contributed by atoms with Crippen LogP contribution in [0.1, 0.15) is 56.0 Å². The first kappa shape index (κ1) is 15.7. The molecule has 0 aliphatic rings. The van der Waals surface area contributed by atoms with Crippen LogP contribution in [0.25, 0.3) is 0 Å². The highest BCUT2D eigenvalue weighted by Crippen LogP contribution is 2.25. The number of benzene rings is 1. The second-order valence-electron chi connectivity index (χ2n) is 5.84. The summed E-state index contributed by atoms with van der Waals surface area (Å²) < 4.78 is 0. The van der Waals surface area contributed by atoms with Crippen LogP contribution in [0.15, 0.2) is 24.3 Å². The summed E-state index contributed by atoms with van der Waals surface area (Å²) in [6, 6.07) is 7.76. The topological polar surface area (TPSA) is 49.3 Å². The number of hydrogen-bond acceptors (Lipinski definition) is 2. The van der Waals surface area contributed by atoms with Crippen LogP contribution in [0.2, 0.25) is 0 Å². The normalized spacial score (nSPS) is 11.4. The molecule has 0 saturated heterocycles. The standard InChI is InChI=1S/C16H25NO2/c1-16(2,3)14-10-6-5-9-13(14)15(19)17-11-7-4-8-12-18/h5-6,9-10,18H,4,7-8,11-12H2,1-3H3,(H,17,19). The predicted molar refractivity (Wildman–Crippen MR) is 78.4 cm³/mol. The van der Waals surface area contributed by atoms with Gasteiger partial charge in [-0.2, -0.15) is 0 Å². The zero-order valence-corrected chi connectivity index (χ0v) is 12.2. The van der Waals surface area contributed by atoms with Crippen LogP contribution >= 0.6 is 0 Å². The smallest absolute Gasteiger partial charge is 0.251 e. The maximum atomic E-state index is 12.2. The molecule has 0 heterocycles. The molecule has 19 heavy (non-hydrogen) atoms. The molecule has 0 spiro atoms. The third-order valence-electron chi connectivity index (χ3n) is 3.10. The van der Waals surface area contributed by atoms with Crippen molar-refractivity contribution < 1.29 is 9.90 Å². The van der Waals surface area contributed by atoms with Gasteiger partial charge in [0.2, 0.25) is 0 Å². The SMILES string of the molecule is CC(C)(C)c1ccccc1C(=O)NCCCCCO. The molecule has 0 unspecified atom stereocenters. The van der Waals surface area contributed by atoms with Crippen LogP contribution in [0.3, 0.4) is 0 Å². The lowest BCUT2D eigenvalue weighted by Crippen LogP contribution is -2.28. The largest absolute Gasteiger partial charge is 0.396 e. The van der Waals surface area contributed by atoms with Gasteiger partial charge < -0.3 is 10.4 Å². The summed E-state index contributed by atoms with van der Waals surface area (Å²) in [4.78, 5) is 12.2. The number of aliphatic hydroxyl groups is 1. The minimum absolute atomic E-state index is 0.00507. The number of nitrogens with one attached hydrogen (secondary N) is 1. The van der Waals surface area contributed by atoms with Gasteiger partial charge in [-0.1, -0.05) is 39.0 Å². The molecule has 1 aromatic carbocycles. The summed E-state index contributed by atoms with van der Waals surface area (Å²) in [5.74, 6) is -0.00507. The van der Waals surface area contributed by atoms with E-state index < -0.39 is 0 Å². The second kappa shape index (κ2) is 7.29. The molecule has 0 fully saturated rings. The van der Waals surface area contributed by atoms with Crippen molar-refractivity contribution in [2.45, 2.75) is 45.4 Å². The first-order chi connectivity index (χ1) is 8.96. The Labute approximate surface area is 116 Å². The molecule has 1 amide bonds. The summed E-state index contributed by atoms with van der Waals surface area (Å²) >= 11 is 0. The average molecular weight is 263 g/mol. The van der Waals surface area contributed by atoms with Gasteiger partial charge in [0.05, 0.1) is 0 Å². The minimum Gasteiger partial charge on any atom is -0.396 e. The highest BCUT2D eigenvalue weighted by molar-refractivity contribution is 5.96. The van der Waals surface area contributed by atoms with Gasteiger partial charge in [0.1, 0.15) is 0 Å². The Morgan fingerprint density at radius 1 is 1.16 bits per heavy atom. The van der Waals surface area contributed by atoms with E-state index in [1.807, 2.05) is 24.3 Å². The quantitative estimate of drug-likeness (QED) is 0.775. The van der Waals surface area contributed by atoms with Gasteiger partial charge >= 0.3 is 0 Å². The summed E-state index contributed by atoms with van der Waals surface area (Å²) in [5, 5.41) is 11.6. The Balaban J connectivity index is 2.62. The second-order valence-corrected chi connectivity index (χ2v) is 5.84. The molecule has 3 nitrogen and oxygen atoms in total. The van der Waals surface area contributed by atoms with Crippen LogP contribution in [-0.2, 0) is 5.41 Å². The molecule has 0 radical (unpaired) electrons. The van der Waals surface area contributed by atoms with Gasteiger partial charge in [0.25, 0.3) is 5.91 Å². The molecule has 1 rings (SSSR count). The zero-order chi connectivity index (χ0) is 14.3. The minimum atomic E-state index is -0.0369. The van der Waals surface area contributed by atoms with Crippen LogP contribution in [0.5, 0.6) is 0 Å².